The topological polar surface area (TPSA) is 244 Å². The van der Waals surface area contributed by atoms with E-state index in [4.69, 9.17) is 75.8 Å². The smallest absolute Gasteiger partial charge is 0.338 e. The first-order valence-electron chi connectivity index (χ1n) is 31.3. The molecule has 0 aromatic heterocycles. The summed E-state index contributed by atoms with van der Waals surface area (Å²) in [7, 11) is 4.50. The SMILES string of the molecule is CCN(CC)N=Nc1cc(C#Cc2cc(C#Cc3cc(C#Cc4cc(C#C[Si](C)(C)C)cc(C(=O)OCCOCCOCCOC)c4)cc(C(=O)OCCOCCOCCOC)c3)cc(C(=O)OCCOCCOCCOC)c2)cc(C(=O)OCCOCCOCCOC)c1. The number of rotatable bonds is 44. The van der Waals surface area contributed by atoms with Crippen molar-refractivity contribution in [3.63, 3.8) is 0 Å². The fourth-order valence-electron chi connectivity index (χ4n) is 7.65. The van der Waals surface area contributed by atoms with Crippen molar-refractivity contribution < 1.29 is 95.0 Å². The molecule has 0 bridgehead atoms. The molecule has 0 amide bonds. The molecule has 0 saturated carbocycles. The quantitative estimate of drug-likeness (QED) is 0.00779. The summed E-state index contributed by atoms with van der Waals surface area (Å²) in [6, 6.07) is 19.5. The largest absolute Gasteiger partial charge is 0.460 e. The lowest BCUT2D eigenvalue weighted by Crippen LogP contribution is -2.16. The van der Waals surface area contributed by atoms with Crippen LogP contribution in [0.4, 0.5) is 5.69 Å². The molecule has 24 heteroatoms. The molecule has 514 valence electrons. The van der Waals surface area contributed by atoms with Gasteiger partial charge in [0.05, 0.1) is 160 Å². The first kappa shape index (κ1) is 79.6. The van der Waals surface area contributed by atoms with Gasteiger partial charge in [0.2, 0.25) is 0 Å². The summed E-state index contributed by atoms with van der Waals surface area (Å²) in [5.74, 6) is 19.5. The van der Waals surface area contributed by atoms with Crippen LogP contribution in [-0.2, 0) is 75.8 Å². The summed E-state index contributed by atoms with van der Waals surface area (Å²) >= 11 is 0. The van der Waals surface area contributed by atoms with E-state index in [-0.39, 0.29) is 88.3 Å². The van der Waals surface area contributed by atoms with Crippen molar-refractivity contribution in [3.05, 3.63) is 134 Å². The molecule has 0 radical (unpaired) electrons. The molecule has 0 aliphatic heterocycles. The van der Waals surface area contributed by atoms with Gasteiger partial charge in [-0.05, 0) is 86.6 Å². The Morgan fingerprint density at radius 2 is 0.558 bits per heavy atom. The van der Waals surface area contributed by atoms with Crippen LogP contribution in [0.1, 0.15) is 94.2 Å². The number of carbonyl (C=O) groups excluding carboxylic acids is 4. The van der Waals surface area contributed by atoms with E-state index in [1.165, 1.54) is 0 Å². The highest BCUT2D eigenvalue weighted by Crippen LogP contribution is 2.21. The maximum atomic E-state index is 13.8. The minimum Gasteiger partial charge on any atom is -0.460 e. The molecule has 4 aromatic rings. The predicted octanol–water partition coefficient (Wildman–Crippen LogP) is 7.80. The lowest BCUT2D eigenvalue weighted by atomic mass is 10.0. The van der Waals surface area contributed by atoms with Crippen molar-refractivity contribution in [1.29, 1.82) is 0 Å². The third kappa shape index (κ3) is 36.0. The molecule has 23 nitrogen and oxygen atoms in total. The molecule has 0 aliphatic rings. The van der Waals surface area contributed by atoms with E-state index in [0.29, 0.717) is 150 Å². The summed E-state index contributed by atoms with van der Waals surface area (Å²) in [4.78, 5) is 54.6. The van der Waals surface area contributed by atoms with E-state index in [1.807, 2.05) is 13.8 Å². The van der Waals surface area contributed by atoms with Crippen LogP contribution in [0.25, 0.3) is 0 Å². The predicted molar refractivity (Wildman–Crippen MR) is 357 cm³/mol. The standard InChI is InChI=1S/C71H91N3O20Si/c1-10-74(11-2)73-72-67-54-61(52-66(55-67)71(78)94-42-38-90-34-30-86-26-22-82-6)17-16-59-45-57(48-64(50-59)69(76)92-40-36-88-32-28-84-24-20-80-4)13-12-56-44-58(49-63(47-56)68(75)91-39-35-87-31-27-83-23-19-79-3)14-15-60-46-62(18-43-95(7,8)9)53-65(51-60)70(77)93-41-37-89-33-29-85-25-21-81-5/h44-55H,10-11,19-42H2,1-9H3. The zero-order chi connectivity index (χ0) is 68.6. The Morgan fingerprint density at radius 1 is 0.326 bits per heavy atom. The molecule has 0 aliphatic carbocycles. The Balaban J connectivity index is 1.78. The van der Waals surface area contributed by atoms with Gasteiger partial charge in [0.25, 0.3) is 0 Å². The monoisotopic (exact) mass is 1330 g/mol. The molecular weight excluding hydrogens is 1240 g/mol. The van der Waals surface area contributed by atoms with E-state index < -0.39 is 32.0 Å². The van der Waals surface area contributed by atoms with E-state index >= 15 is 0 Å². The maximum Gasteiger partial charge on any atom is 0.338 e. The van der Waals surface area contributed by atoms with Gasteiger partial charge in [-0.25, -0.2) is 19.2 Å². The molecule has 0 spiro atoms. The van der Waals surface area contributed by atoms with Crippen molar-refractivity contribution in [2.24, 2.45) is 10.3 Å². The van der Waals surface area contributed by atoms with Crippen molar-refractivity contribution in [3.8, 4) is 47.0 Å². The van der Waals surface area contributed by atoms with Crippen molar-refractivity contribution in [1.82, 2.24) is 5.01 Å². The summed E-state index contributed by atoms with van der Waals surface area (Å²) in [5, 5.41) is 10.5. The summed E-state index contributed by atoms with van der Waals surface area (Å²) in [6.07, 6.45) is 0. The second-order valence-corrected chi connectivity index (χ2v) is 25.9. The van der Waals surface area contributed by atoms with Gasteiger partial charge in [0.1, 0.15) is 34.5 Å². The number of carbonyl (C=O) groups is 4. The number of esters is 4. The average Bonchev–Trinajstić information content (AvgIpc) is 0.938. The molecule has 0 atom stereocenters. The highest BCUT2D eigenvalue weighted by atomic mass is 28.3. The molecule has 0 N–H and O–H groups in total. The number of hydrogen-bond acceptors (Lipinski definition) is 22. The number of nitrogens with zero attached hydrogens (tertiary/aromatic N) is 3. The second-order valence-electron chi connectivity index (χ2n) is 21.2. The molecule has 4 aromatic carbocycles. The van der Waals surface area contributed by atoms with E-state index in [1.54, 1.807) is 106 Å². The Labute approximate surface area is 560 Å². The lowest BCUT2D eigenvalue weighted by Gasteiger charge is -2.11. The van der Waals surface area contributed by atoms with Crippen molar-refractivity contribution >= 4 is 37.6 Å². The van der Waals surface area contributed by atoms with Crippen molar-refractivity contribution in [2.45, 2.75) is 33.5 Å². The van der Waals surface area contributed by atoms with Crippen LogP contribution in [0, 0.1) is 47.0 Å². The van der Waals surface area contributed by atoms with Gasteiger partial charge in [0, 0.05) is 80.5 Å². The van der Waals surface area contributed by atoms with Crippen LogP contribution in [0.2, 0.25) is 19.6 Å². The van der Waals surface area contributed by atoms with Gasteiger partial charge >= 0.3 is 23.9 Å². The molecule has 0 unspecified atom stereocenters. The third-order valence-corrected chi connectivity index (χ3v) is 13.2. The lowest BCUT2D eigenvalue weighted by molar-refractivity contribution is 0.00552. The minimum absolute atomic E-state index is 0.00286. The zero-order valence-corrected chi connectivity index (χ0v) is 57.3. The van der Waals surface area contributed by atoms with Crippen LogP contribution in [0.5, 0.6) is 0 Å². The summed E-state index contributed by atoms with van der Waals surface area (Å²) in [5.41, 5.74) is 7.20. The van der Waals surface area contributed by atoms with Gasteiger partial charge in [-0.1, -0.05) is 66.3 Å². The second kappa shape index (κ2) is 48.8. The fourth-order valence-corrected chi connectivity index (χ4v) is 8.17. The van der Waals surface area contributed by atoms with Gasteiger partial charge in [0.15, 0.2) is 0 Å². The average molecular weight is 1330 g/mol. The number of methoxy groups -OCH3 is 4. The van der Waals surface area contributed by atoms with Gasteiger partial charge in [-0.2, -0.15) is 0 Å². The van der Waals surface area contributed by atoms with Crippen molar-refractivity contribution in [2.75, 3.05) is 200 Å². The highest BCUT2D eigenvalue weighted by Gasteiger charge is 2.16. The van der Waals surface area contributed by atoms with E-state index in [0.717, 1.165) is 0 Å². The third-order valence-electron chi connectivity index (χ3n) is 12.4. The summed E-state index contributed by atoms with van der Waals surface area (Å²) < 4.78 is 86.6. The molecular formula is C71H91N3O20Si. The van der Waals surface area contributed by atoms with Gasteiger partial charge in [-0.15, -0.1) is 10.7 Å². The first-order valence-corrected chi connectivity index (χ1v) is 34.8. The minimum atomic E-state index is -1.86. The number of hydrogen-bond donors (Lipinski definition) is 0. The first-order chi connectivity index (χ1) is 46.2. The van der Waals surface area contributed by atoms with Gasteiger partial charge in [-0.3, -0.25) is 5.01 Å². The molecule has 95 heavy (non-hydrogen) atoms. The van der Waals surface area contributed by atoms with E-state index in [9.17, 15) is 19.2 Å². The molecule has 4 rings (SSSR count). The Morgan fingerprint density at radius 3 is 0.811 bits per heavy atom. The van der Waals surface area contributed by atoms with Crippen LogP contribution in [-0.4, -0.2) is 237 Å². The summed E-state index contributed by atoms with van der Waals surface area (Å²) in [6.45, 7) is 17.9. The fraction of sp³-hybridized carbons (Fsp3) is 0.493. The Hall–Kier alpha value is -7.86. The molecule has 0 saturated heterocycles. The van der Waals surface area contributed by atoms with Crippen LogP contribution >= 0.6 is 0 Å². The number of benzene rings is 4. The molecule has 0 heterocycles. The molecule has 0 fully saturated rings. The van der Waals surface area contributed by atoms with Gasteiger partial charge < -0.3 is 75.8 Å². The maximum absolute atomic E-state index is 13.8. The normalized spacial score (nSPS) is 10.9. The Bertz CT molecular complexity index is 3270. The van der Waals surface area contributed by atoms with Crippen LogP contribution in [0.15, 0.2) is 83.1 Å². The highest BCUT2D eigenvalue weighted by molar-refractivity contribution is 6.83. The number of ether oxygens (including phenoxy) is 16. The Kier molecular flexibility index (Phi) is 40.9. The van der Waals surface area contributed by atoms with Crippen LogP contribution < -0.4 is 0 Å². The van der Waals surface area contributed by atoms with Crippen LogP contribution in [0.3, 0.4) is 0 Å². The zero-order valence-electron chi connectivity index (χ0n) is 56.3. The van der Waals surface area contributed by atoms with E-state index in [2.05, 4.69) is 77.0 Å².